The van der Waals surface area contributed by atoms with E-state index in [0.717, 1.165) is 36.9 Å². The van der Waals surface area contributed by atoms with Gasteiger partial charge in [0.05, 0.1) is 5.69 Å². The molecule has 28 heavy (non-hydrogen) atoms. The van der Waals surface area contributed by atoms with Crippen molar-refractivity contribution in [2.75, 3.05) is 18.5 Å². The van der Waals surface area contributed by atoms with Gasteiger partial charge in [0.15, 0.2) is 11.5 Å². The molecule has 0 bridgehead atoms. The molecule has 0 fully saturated rings. The molecule has 0 atom stereocenters. The van der Waals surface area contributed by atoms with Crippen molar-refractivity contribution < 1.29 is 14.3 Å². The molecule has 0 radical (unpaired) electrons. The van der Waals surface area contributed by atoms with E-state index in [1.165, 1.54) is 4.57 Å². The van der Waals surface area contributed by atoms with Gasteiger partial charge in [-0.2, -0.15) is 5.10 Å². The Hall–Kier alpha value is -3.29. The fraction of sp³-hybridized carbons (Fsp3) is 0.350. The average molecular weight is 380 g/mol. The van der Waals surface area contributed by atoms with Gasteiger partial charge in [0.25, 0.3) is 5.56 Å². The van der Waals surface area contributed by atoms with E-state index in [0.29, 0.717) is 35.9 Å². The van der Waals surface area contributed by atoms with Crippen LogP contribution in [0.15, 0.2) is 35.4 Å². The first-order chi connectivity index (χ1) is 13.7. The Morgan fingerprint density at radius 2 is 1.93 bits per heavy atom. The summed E-state index contributed by atoms with van der Waals surface area (Å²) in [5.41, 5.74) is 3.03. The van der Waals surface area contributed by atoms with Gasteiger partial charge in [-0.3, -0.25) is 9.59 Å². The molecular weight excluding hydrogens is 360 g/mol. The lowest BCUT2D eigenvalue weighted by Crippen LogP contribution is -2.28. The highest BCUT2D eigenvalue weighted by Gasteiger charge is 2.20. The molecule has 8 nitrogen and oxygen atoms in total. The van der Waals surface area contributed by atoms with Crippen LogP contribution < -0.4 is 20.3 Å². The van der Waals surface area contributed by atoms with Crippen molar-refractivity contribution in [2.45, 2.75) is 32.2 Å². The lowest BCUT2D eigenvalue weighted by Gasteiger charge is -2.19. The highest BCUT2D eigenvalue weighted by Crippen LogP contribution is 2.32. The van der Waals surface area contributed by atoms with Crippen molar-refractivity contribution in [2.24, 2.45) is 0 Å². The number of rotatable bonds is 3. The largest absolute Gasteiger partial charge is 0.486 e. The molecule has 1 N–H and O–H groups in total. The van der Waals surface area contributed by atoms with E-state index in [9.17, 15) is 9.59 Å². The molecule has 8 heteroatoms. The van der Waals surface area contributed by atoms with Crippen LogP contribution in [0, 0.1) is 0 Å². The number of nitrogens with one attached hydrogen (secondary N) is 1. The molecule has 1 aliphatic carbocycles. The summed E-state index contributed by atoms with van der Waals surface area (Å²) in [5.74, 6) is 0.987. The normalized spacial score (nSPS) is 15.3. The first-order valence-electron chi connectivity index (χ1n) is 9.48. The average Bonchev–Trinajstić information content (AvgIpc) is 3.09. The van der Waals surface area contributed by atoms with Gasteiger partial charge in [-0.1, -0.05) is 0 Å². The number of hydrogen-bond donors (Lipinski definition) is 1. The van der Waals surface area contributed by atoms with Crippen LogP contribution in [0.5, 0.6) is 11.5 Å². The first kappa shape index (κ1) is 16.9. The number of benzene rings is 1. The Bertz CT molecular complexity index is 1130. The van der Waals surface area contributed by atoms with Crippen LogP contribution in [-0.2, 0) is 24.2 Å². The van der Waals surface area contributed by atoms with E-state index in [1.54, 1.807) is 35.1 Å². The number of nitrogens with zero attached hydrogens (tertiary/aromatic N) is 3. The van der Waals surface area contributed by atoms with Crippen LogP contribution in [0.25, 0.3) is 5.52 Å². The van der Waals surface area contributed by atoms with E-state index in [4.69, 9.17) is 9.47 Å². The van der Waals surface area contributed by atoms with Crippen molar-refractivity contribution in [3.8, 4) is 11.5 Å². The molecule has 0 spiro atoms. The SMILES string of the molecule is O=C(Cn1ccn2nc3c(c2c1=O)CCCC3)Nc1ccc2c(c1)OCCO2. The van der Waals surface area contributed by atoms with Crippen molar-refractivity contribution >= 4 is 17.1 Å². The van der Waals surface area contributed by atoms with Crippen LogP contribution in [0.3, 0.4) is 0 Å². The number of carbonyl (C=O) groups excluding carboxylic acids is 1. The smallest absolute Gasteiger partial charge is 0.277 e. The summed E-state index contributed by atoms with van der Waals surface area (Å²) in [5, 5.41) is 7.34. The molecule has 5 rings (SSSR count). The summed E-state index contributed by atoms with van der Waals surface area (Å²) < 4.78 is 14.1. The predicted octanol–water partition coefficient (Wildman–Crippen LogP) is 1.78. The molecule has 1 aromatic carbocycles. The number of anilines is 1. The van der Waals surface area contributed by atoms with Gasteiger partial charge in [0.1, 0.15) is 25.3 Å². The molecule has 144 valence electrons. The zero-order valence-corrected chi connectivity index (χ0v) is 15.3. The fourth-order valence-corrected chi connectivity index (χ4v) is 3.86. The fourth-order valence-electron chi connectivity index (χ4n) is 3.86. The number of ether oxygens (including phenoxy) is 2. The van der Waals surface area contributed by atoms with E-state index in [1.807, 2.05) is 0 Å². The van der Waals surface area contributed by atoms with E-state index in [-0.39, 0.29) is 18.0 Å². The number of hydrogen-bond acceptors (Lipinski definition) is 5. The number of fused-ring (bicyclic) bond motifs is 4. The molecule has 0 saturated heterocycles. The third kappa shape index (κ3) is 2.90. The molecule has 1 amide bonds. The molecule has 2 aliphatic rings. The molecule has 0 saturated carbocycles. The third-order valence-corrected chi connectivity index (χ3v) is 5.17. The molecule has 1 aliphatic heterocycles. The summed E-state index contributed by atoms with van der Waals surface area (Å²) in [7, 11) is 0. The summed E-state index contributed by atoms with van der Waals surface area (Å²) in [6.07, 6.45) is 7.28. The molecule has 2 aromatic heterocycles. The van der Waals surface area contributed by atoms with Gasteiger partial charge in [0.2, 0.25) is 5.91 Å². The highest BCUT2D eigenvalue weighted by atomic mass is 16.6. The summed E-state index contributed by atoms with van der Waals surface area (Å²) >= 11 is 0. The maximum absolute atomic E-state index is 12.9. The van der Waals surface area contributed by atoms with Gasteiger partial charge < -0.3 is 19.4 Å². The molecule has 0 unspecified atom stereocenters. The lowest BCUT2D eigenvalue weighted by atomic mass is 9.97. The predicted molar refractivity (Wildman–Crippen MR) is 102 cm³/mol. The number of aromatic nitrogens is 3. The van der Waals surface area contributed by atoms with Gasteiger partial charge in [-0.25, -0.2) is 4.52 Å². The van der Waals surface area contributed by atoms with E-state index < -0.39 is 0 Å². The minimum atomic E-state index is -0.281. The number of aryl methyl sites for hydroxylation is 2. The zero-order valence-electron chi connectivity index (χ0n) is 15.3. The maximum atomic E-state index is 12.9. The standard InChI is InChI=1S/C20H20N4O4/c25-18(21-13-5-6-16-17(11-13)28-10-9-27-16)12-23-7-8-24-19(20(23)26)14-3-1-2-4-15(14)22-24/h5-8,11H,1-4,9-10,12H2,(H,21,25). The Morgan fingerprint density at radius 3 is 2.82 bits per heavy atom. The second-order valence-corrected chi connectivity index (χ2v) is 7.06. The summed E-state index contributed by atoms with van der Waals surface area (Å²) in [6, 6.07) is 5.25. The summed E-state index contributed by atoms with van der Waals surface area (Å²) in [6.45, 7) is 0.932. The molecule has 3 heterocycles. The van der Waals surface area contributed by atoms with Crippen molar-refractivity contribution in [3.05, 3.63) is 52.2 Å². The molecular formula is C20H20N4O4. The number of carbonyl (C=O) groups is 1. The second-order valence-electron chi connectivity index (χ2n) is 7.06. The number of amides is 1. The molecule has 3 aromatic rings. The van der Waals surface area contributed by atoms with Crippen LogP contribution in [0.4, 0.5) is 5.69 Å². The van der Waals surface area contributed by atoms with Gasteiger partial charge in [-0.05, 0) is 37.8 Å². The minimum absolute atomic E-state index is 0.0657. The summed E-state index contributed by atoms with van der Waals surface area (Å²) in [4.78, 5) is 25.4. The van der Waals surface area contributed by atoms with E-state index in [2.05, 4.69) is 10.4 Å². The van der Waals surface area contributed by atoms with Crippen LogP contribution in [0.1, 0.15) is 24.1 Å². The third-order valence-electron chi connectivity index (χ3n) is 5.17. The van der Waals surface area contributed by atoms with Crippen molar-refractivity contribution in [3.63, 3.8) is 0 Å². The van der Waals surface area contributed by atoms with Crippen LogP contribution in [-0.4, -0.2) is 33.3 Å². The van der Waals surface area contributed by atoms with Gasteiger partial charge in [-0.15, -0.1) is 0 Å². The van der Waals surface area contributed by atoms with Crippen molar-refractivity contribution in [1.29, 1.82) is 0 Å². The topological polar surface area (TPSA) is 86.9 Å². The first-order valence-corrected chi connectivity index (χ1v) is 9.48. The maximum Gasteiger partial charge on any atom is 0.277 e. The Morgan fingerprint density at radius 1 is 1.11 bits per heavy atom. The van der Waals surface area contributed by atoms with Gasteiger partial charge in [0, 0.05) is 29.7 Å². The Balaban J connectivity index is 1.38. The van der Waals surface area contributed by atoms with Gasteiger partial charge >= 0.3 is 0 Å². The second kappa shape index (κ2) is 6.70. The minimum Gasteiger partial charge on any atom is -0.486 e. The quantitative estimate of drug-likeness (QED) is 0.749. The lowest BCUT2D eigenvalue weighted by molar-refractivity contribution is -0.116. The Kier molecular flexibility index (Phi) is 4.03. The monoisotopic (exact) mass is 380 g/mol. The Labute approximate surface area is 160 Å². The zero-order chi connectivity index (χ0) is 19.1. The van der Waals surface area contributed by atoms with Crippen LogP contribution >= 0.6 is 0 Å². The van der Waals surface area contributed by atoms with E-state index >= 15 is 0 Å². The highest BCUT2D eigenvalue weighted by molar-refractivity contribution is 5.91. The van der Waals surface area contributed by atoms with Crippen LogP contribution in [0.2, 0.25) is 0 Å². The van der Waals surface area contributed by atoms with Crippen molar-refractivity contribution in [1.82, 2.24) is 14.2 Å².